The van der Waals surface area contributed by atoms with Gasteiger partial charge in [-0.1, -0.05) is 0 Å². The highest BCUT2D eigenvalue weighted by Crippen LogP contribution is 2.33. The SMILES string of the molecule is CN1C(=O)Cc2cc(O)cc(F)c21. The first-order valence-electron chi connectivity index (χ1n) is 3.87. The average Bonchev–Trinajstić information content (AvgIpc) is 2.27. The van der Waals surface area contributed by atoms with Gasteiger partial charge in [-0.15, -0.1) is 0 Å². The van der Waals surface area contributed by atoms with Gasteiger partial charge in [0.1, 0.15) is 5.75 Å². The van der Waals surface area contributed by atoms with E-state index in [0.717, 1.165) is 6.07 Å². The predicted octanol–water partition coefficient (Wildman–Crippen LogP) is 1.05. The van der Waals surface area contributed by atoms with E-state index in [9.17, 15) is 9.18 Å². The number of carbonyl (C=O) groups is 1. The number of rotatable bonds is 0. The van der Waals surface area contributed by atoms with Crippen LogP contribution in [0.3, 0.4) is 0 Å². The standard InChI is InChI=1S/C9H8FNO2/c1-11-8(13)3-5-2-6(12)4-7(10)9(5)11/h2,4,12H,3H2,1H3. The second-order valence-corrected chi connectivity index (χ2v) is 3.06. The molecule has 0 saturated heterocycles. The fourth-order valence-corrected chi connectivity index (χ4v) is 1.56. The number of likely N-dealkylation sites (N-methyl/N-ethyl adjacent to an activating group) is 1. The Morgan fingerprint density at radius 2 is 2.23 bits per heavy atom. The van der Waals surface area contributed by atoms with Gasteiger partial charge in [-0.05, 0) is 11.6 Å². The van der Waals surface area contributed by atoms with E-state index in [1.807, 2.05) is 0 Å². The number of carbonyl (C=O) groups excluding carboxylic acids is 1. The molecule has 0 fully saturated rings. The molecule has 1 heterocycles. The minimum atomic E-state index is -0.552. The summed E-state index contributed by atoms with van der Waals surface area (Å²) in [5.74, 6) is -0.845. The molecule has 0 bridgehead atoms. The third-order valence-electron chi connectivity index (χ3n) is 2.18. The lowest BCUT2D eigenvalue weighted by Gasteiger charge is -2.10. The Hall–Kier alpha value is -1.58. The third-order valence-corrected chi connectivity index (χ3v) is 2.18. The lowest BCUT2D eigenvalue weighted by Crippen LogP contribution is -2.21. The molecule has 1 aromatic carbocycles. The molecule has 0 aromatic heterocycles. The lowest BCUT2D eigenvalue weighted by atomic mass is 10.1. The number of aromatic hydroxyl groups is 1. The zero-order valence-electron chi connectivity index (χ0n) is 7.04. The Labute approximate surface area is 74.4 Å². The molecule has 3 nitrogen and oxygen atoms in total. The van der Waals surface area contributed by atoms with Gasteiger partial charge >= 0.3 is 0 Å². The van der Waals surface area contributed by atoms with Crippen LogP contribution in [0.15, 0.2) is 12.1 Å². The second kappa shape index (κ2) is 2.45. The van der Waals surface area contributed by atoms with Gasteiger partial charge in [-0.2, -0.15) is 0 Å². The molecule has 0 aliphatic carbocycles. The average molecular weight is 181 g/mol. The topological polar surface area (TPSA) is 40.5 Å². The normalized spacial score (nSPS) is 14.9. The molecule has 1 aromatic rings. The first-order chi connectivity index (χ1) is 6.09. The number of hydrogen-bond donors (Lipinski definition) is 1. The first-order valence-corrected chi connectivity index (χ1v) is 3.87. The zero-order chi connectivity index (χ0) is 9.59. The van der Waals surface area contributed by atoms with Crippen LogP contribution in [0.4, 0.5) is 10.1 Å². The summed E-state index contributed by atoms with van der Waals surface area (Å²) < 4.78 is 13.2. The maximum atomic E-state index is 13.2. The number of fused-ring (bicyclic) bond motifs is 1. The van der Waals surface area contributed by atoms with E-state index in [1.54, 1.807) is 0 Å². The van der Waals surface area contributed by atoms with Crippen LogP contribution >= 0.6 is 0 Å². The van der Waals surface area contributed by atoms with Crippen molar-refractivity contribution < 1.29 is 14.3 Å². The summed E-state index contributed by atoms with van der Waals surface area (Å²) in [5.41, 5.74) is 0.827. The summed E-state index contributed by atoms with van der Waals surface area (Å²) >= 11 is 0. The van der Waals surface area contributed by atoms with Crippen LogP contribution in [0, 0.1) is 5.82 Å². The molecule has 1 amide bonds. The molecule has 0 saturated carbocycles. The fourth-order valence-electron chi connectivity index (χ4n) is 1.56. The summed E-state index contributed by atoms with van der Waals surface area (Å²) in [5, 5.41) is 9.08. The monoisotopic (exact) mass is 181 g/mol. The second-order valence-electron chi connectivity index (χ2n) is 3.06. The summed E-state index contributed by atoms with van der Waals surface area (Å²) in [6, 6.07) is 2.42. The van der Waals surface area contributed by atoms with E-state index in [1.165, 1.54) is 18.0 Å². The number of halogens is 1. The van der Waals surface area contributed by atoms with Gasteiger partial charge in [0.25, 0.3) is 0 Å². The van der Waals surface area contributed by atoms with Gasteiger partial charge in [0.15, 0.2) is 5.82 Å². The number of phenolic OH excluding ortho intramolecular Hbond substituents is 1. The van der Waals surface area contributed by atoms with Crippen LogP contribution in [-0.4, -0.2) is 18.1 Å². The number of phenols is 1. The van der Waals surface area contributed by atoms with E-state index in [4.69, 9.17) is 5.11 Å². The molecular weight excluding hydrogens is 173 g/mol. The quantitative estimate of drug-likeness (QED) is 0.649. The van der Waals surface area contributed by atoms with Gasteiger partial charge < -0.3 is 10.0 Å². The molecule has 0 atom stereocenters. The van der Waals surface area contributed by atoms with Gasteiger partial charge in [-0.3, -0.25) is 4.79 Å². The van der Waals surface area contributed by atoms with Crippen LogP contribution < -0.4 is 4.90 Å². The van der Waals surface area contributed by atoms with Gasteiger partial charge in [0, 0.05) is 13.1 Å². The van der Waals surface area contributed by atoms with Gasteiger partial charge in [-0.25, -0.2) is 4.39 Å². The van der Waals surface area contributed by atoms with Crippen LogP contribution in [0.25, 0.3) is 0 Å². The van der Waals surface area contributed by atoms with Crippen LogP contribution in [0.1, 0.15) is 5.56 Å². The van der Waals surface area contributed by atoms with Gasteiger partial charge in [0.2, 0.25) is 5.91 Å². The van der Waals surface area contributed by atoms with Crippen molar-refractivity contribution in [3.63, 3.8) is 0 Å². The number of amides is 1. The number of nitrogens with zero attached hydrogens (tertiary/aromatic N) is 1. The van der Waals surface area contributed by atoms with Crippen molar-refractivity contribution in [1.82, 2.24) is 0 Å². The molecule has 0 unspecified atom stereocenters. The van der Waals surface area contributed by atoms with E-state index in [0.29, 0.717) is 5.56 Å². The molecule has 0 spiro atoms. The molecule has 1 N–H and O–H groups in total. The summed E-state index contributed by atoms with van der Waals surface area (Å²) in [4.78, 5) is 12.4. The minimum absolute atomic E-state index is 0.139. The maximum absolute atomic E-state index is 13.2. The maximum Gasteiger partial charge on any atom is 0.231 e. The Bertz CT molecular complexity index is 389. The van der Waals surface area contributed by atoms with Crippen molar-refractivity contribution in [3.05, 3.63) is 23.5 Å². The minimum Gasteiger partial charge on any atom is -0.508 e. The smallest absolute Gasteiger partial charge is 0.231 e. The number of benzene rings is 1. The molecule has 1 aliphatic heterocycles. The Morgan fingerprint density at radius 3 is 2.92 bits per heavy atom. The Balaban J connectivity index is 2.64. The molecule has 13 heavy (non-hydrogen) atoms. The summed E-state index contributed by atoms with van der Waals surface area (Å²) in [7, 11) is 1.52. The number of hydrogen-bond acceptors (Lipinski definition) is 2. The zero-order valence-corrected chi connectivity index (χ0v) is 7.04. The molecular formula is C9H8FNO2. The first kappa shape index (κ1) is 8.04. The fraction of sp³-hybridized carbons (Fsp3) is 0.222. The lowest BCUT2D eigenvalue weighted by molar-refractivity contribution is -0.117. The molecule has 68 valence electrons. The summed E-state index contributed by atoms with van der Waals surface area (Å²) in [6.07, 6.45) is 0.164. The van der Waals surface area contributed by atoms with Crippen molar-refractivity contribution in [3.8, 4) is 5.75 Å². The van der Waals surface area contributed by atoms with Crippen molar-refractivity contribution in [2.24, 2.45) is 0 Å². The van der Waals surface area contributed by atoms with Crippen molar-refractivity contribution in [1.29, 1.82) is 0 Å². The number of anilines is 1. The highest BCUT2D eigenvalue weighted by Gasteiger charge is 2.27. The molecule has 1 aliphatic rings. The van der Waals surface area contributed by atoms with Crippen LogP contribution in [-0.2, 0) is 11.2 Å². The molecule has 2 rings (SSSR count). The largest absolute Gasteiger partial charge is 0.508 e. The van der Waals surface area contributed by atoms with E-state index >= 15 is 0 Å². The third kappa shape index (κ3) is 1.06. The Kier molecular flexibility index (Phi) is 1.52. The predicted molar refractivity (Wildman–Crippen MR) is 45.2 cm³/mol. The molecule has 0 radical (unpaired) electrons. The van der Waals surface area contributed by atoms with Crippen molar-refractivity contribution in [2.75, 3.05) is 11.9 Å². The van der Waals surface area contributed by atoms with Crippen LogP contribution in [0.5, 0.6) is 5.75 Å². The van der Waals surface area contributed by atoms with E-state index in [2.05, 4.69) is 0 Å². The summed E-state index contributed by atoms with van der Waals surface area (Å²) in [6.45, 7) is 0. The van der Waals surface area contributed by atoms with Crippen molar-refractivity contribution >= 4 is 11.6 Å². The highest BCUT2D eigenvalue weighted by molar-refractivity contribution is 6.01. The van der Waals surface area contributed by atoms with E-state index < -0.39 is 5.82 Å². The molecule has 4 heteroatoms. The van der Waals surface area contributed by atoms with Gasteiger partial charge in [0.05, 0.1) is 12.1 Å². The van der Waals surface area contributed by atoms with E-state index in [-0.39, 0.29) is 23.8 Å². The van der Waals surface area contributed by atoms with Crippen molar-refractivity contribution in [2.45, 2.75) is 6.42 Å². The van der Waals surface area contributed by atoms with Crippen LogP contribution in [0.2, 0.25) is 0 Å². The highest BCUT2D eigenvalue weighted by atomic mass is 19.1. The Morgan fingerprint density at radius 1 is 1.54 bits per heavy atom.